The van der Waals surface area contributed by atoms with Gasteiger partial charge in [0.1, 0.15) is 5.82 Å². The fourth-order valence-corrected chi connectivity index (χ4v) is 1.61. The van der Waals surface area contributed by atoms with Gasteiger partial charge in [0.25, 0.3) is 0 Å². The highest BCUT2D eigenvalue weighted by Gasteiger charge is 2.25. The average Bonchev–Trinajstić information content (AvgIpc) is 3.04. The molecule has 0 amide bonds. The van der Waals surface area contributed by atoms with Crippen LogP contribution in [0.2, 0.25) is 0 Å². The number of benzene rings is 1. The summed E-state index contributed by atoms with van der Waals surface area (Å²) in [7, 11) is 0. The van der Waals surface area contributed by atoms with Crippen molar-refractivity contribution >= 4 is 5.97 Å². The van der Waals surface area contributed by atoms with Gasteiger partial charge >= 0.3 is 5.97 Å². The first-order chi connectivity index (χ1) is 7.66. The van der Waals surface area contributed by atoms with Gasteiger partial charge in [0.05, 0.1) is 5.92 Å². The predicted octanol–water partition coefficient (Wildman–Crippen LogP) is 1.75. The van der Waals surface area contributed by atoms with Gasteiger partial charge in [0, 0.05) is 12.6 Å². The van der Waals surface area contributed by atoms with E-state index in [1.165, 1.54) is 24.3 Å². The van der Waals surface area contributed by atoms with E-state index in [0.717, 1.165) is 12.8 Å². The topological polar surface area (TPSA) is 49.3 Å². The van der Waals surface area contributed by atoms with E-state index in [2.05, 4.69) is 5.32 Å². The molecule has 1 unspecified atom stereocenters. The summed E-state index contributed by atoms with van der Waals surface area (Å²) in [6, 6.07) is 6.12. The highest BCUT2D eigenvalue weighted by atomic mass is 19.1. The van der Waals surface area contributed by atoms with Crippen molar-refractivity contribution in [3.63, 3.8) is 0 Å². The van der Waals surface area contributed by atoms with Crippen LogP contribution in [-0.4, -0.2) is 23.7 Å². The zero-order chi connectivity index (χ0) is 11.5. The lowest BCUT2D eigenvalue weighted by Gasteiger charge is -2.13. The minimum Gasteiger partial charge on any atom is -0.481 e. The average molecular weight is 223 g/mol. The molecule has 0 radical (unpaired) electrons. The van der Waals surface area contributed by atoms with Gasteiger partial charge in [0.15, 0.2) is 0 Å². The minimum absolute atomic E-state index is 0.344. The third-order valence-electron chi connectivity index (χ3n) is 2.76. The van der Waals surface area contributed by atoms with Gasteiger partial charge in [-0.2, -0.15) is 0 Å². The van der Waals surface area contributed by atoms with Crippen LogP contribution < -0.4 is 5.32 Å². The number of carboxylic acids is 1. The van der Waals surface area contributed by atoms with Crippen LogP contribution >= 0.6 is 0 Å². The Hall–Kier alpha value is -1.42. The number of carbonyl (C=O) groups is 1. The summed E-state index contributed by atoms with van der Waals surface area (Å²) in [6.07, 6.45) is 2.24. The first kappa shape index (κ1) is 11.1. The van der Waals surface area contributed by atoms with Crippen LogP contribution in [0, 0.1) is 5.82 Å². The molecule has 1 aliphatic rings. The SMILES string of the molecule is O=C(O)C(CNC1CC1)c1ccc(F)cc1. The monoisotopic (exact) mass is 223 g/mol. The zero-order valence-corrected chi connectivity index (χ0v) is 8.82. The number of rotatable bonds is 5. The molecule has 0 aromatic heterocycles. The predicted molar refractivity (Wildman–Crippen MR) is 57.8 cm³/mol. The maximum atomic E-state index is 12.7. The molecule has 2 N–H and O–H groups in total. The van der Waals surface area contributed by atoms with Gasteiger partial charge in [-0.25, -0.2) is 4.39 Å². The van der Waals surface area contributed by atoms with Crippen molar-refractivity contribution in [3.8, 4) is 0 Å². The Morgan fingerprint density at radius 2 is 2.06 bits per heavy atom. The summed E-state index contributed by atoms with van der Waals surface area (Å²) in [4.78, 5) is 11.1. The van der Waals surface area contributed by atoms with E-state index in [1.54, 1.807) is 0 Å². The van der Waals surface area contributed by atoms with Crippen LogP contribution in [0.3, 0.4) is 0 Å². The molecule has 1 aromatic carbocycles. The molecule has 1 fully saturated rings. The lowest BCUT2D eigenvalue weighted by Crippen LogP contribution is -2.28. The van der Waals surface area contributed by atoms with Crippen LogP contribution in [0.1, 0.15) is 24.3 Å². The van der Waals surface area contributed by atoms with Crippen LogP contribution in [0.5, 0.6) is 0 Å². The Balaban J connectivity index is 2.04. The van der Waals surface area contributed by atoms with Gasteiger partial charge in [0.2, 0.25) is 0 Å². The van der Waals surface area contributed by atoms with E-state index < -0.39 is 11.9 Å². The van der Waals surface area contributed by atoms with E-state index in [-0.39, 0.29) is 5.82 Å². The number of carboxylic acid groups (broad SMARTS) is 1. The summed E-state index contributed by atoms with van der Waals surface area (Å²) in [6.45, 7) is 0.408. The maximum absolute atomic E-state index is 12.7. The van der Waals surface area contributed by atoms with E-state index in [4.69, 9.17) is 5.11 Å². The van der Waals surface area contributed by atoms with Crippen LogP contribution in [0.25, 0.3) is 0 Å². The second-order valence-electron chi connectivity index (χ2n) is 4.12. The molecule has 16 heavy (non-hydrogen) atoms. The molecule has 0 spiro atoms. The minimum atomic E-state index is -0.875. The Morgan fingerprint density at radius 3 is 2.56 bits per heavy atom. The number of hydrogen-bond donors (Lipinski definition) is 2. The van der Waals surface area contributed by atoms with Crippen LogP contribution in [-0.2, 0) is 4.79 Å². The molecule has 3 nitrogen and oxygen atoms in total. The van der Waals surface area contributed by atoms with E-state index >= 15 is 0 Å². The summed E-state index contributed by atoms with van der Waals surface area (Å²) in [5.41, 5.74) is 0.641. The van der Waals surface area contributed by atoms with Crippen molar-refractivity contribution in [1.29, 1.82) is 0 Å². The molecule has 1 atom stereocenters. The van der Waals surface area contributed by atoms with Gasteiger partial charge in [-0.05, 0) is 30.5 Å². The Morgan fingerprint density at radius 1 is 1.44 bits per heavy atom. The molecule has 1 saturated carbocycles. The van der Waals surface area contributed by atoms with E-state index in [1.807, 2.05) is 0 Å². The first-order valence-corrected chi connectivity index (χ1v) is 5.38. The highest BCUT2D eigenvalue weighted by Crippen LogP contribution is 2.21. The fourth-order valence-electron chi connectivity index (χ4n) is 1.61. The number of aliphatic carboxylic acids is 1. The summed E-state index contributed by atoms with van der Waals surface area (Å²) in [5.74, 6) is -1.82. The quantitative estimate of drug-likeness (QED) is 0.799. The molecule has 1 aromatic rings. The molecule has 4 heteroatoms. The molecule has 86 valence electrons. The lowest BCUT2D eigenvalue weighted by atomic mass is 9.99. The van der Waals surface area contributed by atoms with Crippen molar-refractivity contribution in [2.45, 2.75) is 24.8 Å². The zero-order valence-electron chi connectivity index (χ0n) is 8.82. The smallest absolute Gasteiger partial charge is 0.312 e. The molecule has 0 aliphatic heterocycles. The van der Waals surface area contributed by atoms with Crippen molar-refractivity contribution in [2.75, 3.05) is 6.54 Å². The van der Waals surface area contributed by atoms with Crippen molar-refractivity contribution in [1.82, 2.24) is 5.32 Å². The summed E-state index contributed by atoms with van der Waals surface area (Å²) >= 11 is 0. The number of halogens is 1. The fraction of sp³-hybridized carbons (Fsp3) is 0.417. The van der Waals surface area contributed by atoms with Crippen LogP contribution in [0.15, 0.2) is 24.3 Å². The summed E-state index contributed by atoms with van der Waals surface area (Å²) in [5, 5.41) is 12.3. The Bertz CT molecular complexity index is 373. The molecule has 0 bridgehead atoms. The third-order valence-corrected chi connectivity index (χ3v) is 2.76. The lowest BCUT2D eigenvalue weighted by molar-refractivity contribution is -0.138. The van der Waals surface area contributed by atoms with E-state index in [9.17, 15) is 9.18 Å². The van der Waals surface area contributed by atoms with Crippen molar-refractivity contribution in [3.05, 3.63) is 35.6 Å². The summed E-state index contributed by atoms with van der Waals surface area (Å²) < 4.78 is 12.7. The van der Waals surface area contributed by atoms with Gasteiger partial charge in [-0.15, -0.1) is 0 Å². The van der Waals surface area contributed by atoms with Gasteiger partial charge in [-0.1, -0.05) is 12.1 Å². The third kappa shape index (κ3) is 2.79. The Labute approximate surface area is 93.3 Å². The maximum Gasteiger partial charge on any atom is 0.312 e. The number of hydrogen-bond acceptors (Lipinski definition) is 2. The van der Waals surface area contributed by atoms with Crippen molar-refractivity contribution in [2.24, 2.45) is 0 Å². The second-order valence-corrected chi connectivity index (χ2v) is 4.12. The standard InChI is InChI=1S/C12H14FNO2/c13-9-3-1-8(2-4-9)11(12(15)16)7-14-10-5-6-10/h1-4,10-11,14H,5-7H2,(H,15,16). The van der Waals surface area contributed by atoms with Crippen molar-refractivity contribution < 1.29 is 14.3 Å². The second kappa shape index (κ2) is 4.61. The van der Waals surface area contributed by atoms with Crippen LogP contribution in [0.4, 0.5) is 4.39 Å². The molecule has 1 aliphatic carbocycles. The Kier molecular flexibility index (Phi) is 3.19. The molecular formula is C12H14FNO2. The highest BCUT2D eigenvalue weighted by molar-refractivity contribution is 5.76. The largest absolute Gasteiger partial charge is 0.481 e. The van der Waals surface area contributed by atoms with E-state index in [0.29, 0.717) is 18.2 Å². The number of nitrogens with one attached hydrogen (secondary N) is 1. The molecule has 2 rings (SSSR count). The normalized spacial score (nSPS) is 17.1. The van der Waals surface area contributed by atoms with Gasteiger partial charge in [-0.3, -0.25) is 4.79 Å². The van der Waals surface area contributed by atoms with Gasteiger partial charge < -0.3 is 10.4 Å². The molecule has 0 saturated heterocycles. The molecule has 0 heterocycles. The first-order valence-electron chi connectivity index (χ1n) is 5.38. The molecular weight excluding hydrogens is 209 g/mol.